The van der Waals surface area contributed by atoms with Gasteiger partial charge in [0.05, 0.1) is 52.9 Å². The molecule has 1 aliphatic rings. The van der Waals surface area contributed by atoms with Crippen LogP contribution < -0.4 is 23.7 Å². The summed E-state index contributed by atoms with van der Waals surface area (Å²) in [7, 11) is 8.08. The summed E-state index contributed by atoms with van der Waals surface area (Å²) in [6.07, 6.45) is 16.5. The number of carbonyl (C=O) groups excluding carboxylic acids is 1. The van der Waals surface area contributed by atoms with Crippen LogP contribution in [-0.4, -0.2) is 86.5 Å². The molecule has 1 N–H and O–H groups in total. The predicted octanol–water partition coefficient (Wildman–Crippen LogP) is 6.47. The molecule has 278 valence electrons. The summed E-state index contributed by atoms with van der Waals surface area (Å²) >= 11 is 0. The van der Waals surface area contributed by atoms with Gasteiger partial charge < -0.3 is 38.3 Å². The Labute approximate surface area is 301 Å². The minimum Gasteiger partial charge on any atom is -0.493 e. The second-order valence-electron chi connectivity index (χ2n) is 12.5. The minimum absolute atomic E-state index is 0.131. The molecule has 0 spiro atoms. The van der Waals surface area contributed by atoms with Crippen LogP contribution in [0.2, 0.25) is 0 Å². The number of ether oxygens (including phenoxy) is 7. The number of aliphatic hydroxyl groups is 1. The van der Waals surface area contributed by atoms with E-state index in [0.29, 0.717) is 67.6 Å². The van der Waals surface area contributed by atoms with Crippen molar-refractivity contribution in [3.05, 3.63) is 65.5 Å². The van der Waals surface area contributed by atoms with Crippen LogP contribution in [0.3, 0.4) is 0 Å². The van der Waals surface area contributed by atoms with Crippen molar-refractivity contribution in [3.63, 3.8) is 0 Å². The molecule has 0 unspecified atom stereocenters. The van der Waals surface area contributed by atoms with Crippen LogP contribution in [0, 0.1) is 0 Å². The third kappa shape index (κ3) is 12.6. The maximum absolute atomic E-state index is 11.4. The first-order valence-electron chi connectivity index (χ1n) is 17.6. The Morgan fingerprint density at radius 3 is 2.31 bits per heavy atom. The van der Waals surface area contributed by atoms with E-state index < -0.39 is 6.10 Å². The monoisotopic (exact) mass is 707 g/mol. The van der Waals surface area contributed by atoms with Gasteiger partial charge >= 0.3 is 5.97 Å². The number of nitrogens with zero attached hydrogens (tertiary/aromatic N) is 3. The molecule has 1 aromatic heterocycles. The number of methoxy groups -OCH3 is 5. The first-order valence-corrected chi connectivity index (χ1v) is 17.6. The zero-order chi connectivity index (χ0) is 36.4. The number of rotatable bonds is 23. The number of aromatic nitrogens is 3. The lowest BCUT2D eigenvalue weighted by molar-refractivity contribution is -0.145. The number of hydrogen-bond donors (Lipinski definition) is 1. The van der Waals surface area contributed by atoms with Crippen molar-refractivity contribution >= 4 is 18.1 Å². The van der Waals surface area contributed by atoms with E-state index in [1.165, 1.54) is 6.08 Å². The van der Waals surface area contributed by atoms with E-state index in [1.807, 2.05) is 53.4 Å². The first kappa shape index (κ1) is 39.2. The lowest BCUT2D eigenvalue weighted by atomic mass is 10.0. The third-order valence-corrected chi connectivity index (χ3v) is 8.78. The summed E-state index contributed by atoms with van der Waals surface area (Å²) in [4.78, 5) is 11.4. The molecule has 2 aromatic carbocycles. The van der Waals surface area contributed by atoms with Crippen LogP contribution in [-0.2, 0) is 27.2 Å². The maximum Gasteiger partial charge on any atom is 0.330 e. The number of esters is 1. The summed E-state index contributed by atoms with van der Waals surface area (Å²) in [6.45, 7) is 1.26. The average Bonchev–Trinajstić information content (AvgIpc) is 3.60. The van der Waals surface area contributed by atoms with Gasteiger partial charge in [-0.15, -0.1) is 5.10 Å². The van der Waals surface area contributed by atoms with Crippen LogP contribution in [0.5, 0.6) is 28.7 Å². The molecule has 12 heteroatoms. The highest BCUT2D eigenvalue weighted by atomic mass is 16.5. The summed E-state index contributed by atoms with van der Waals surface area (Å²) in [5.41, 5.74) is 2.87. The van der Waals surface area contributed by atoms with Gasteiger partial charge in [-0.25, -0.2) is 4.79 Å². The van der Waals surface area contributed by atoms with Crippen molar-refractivity contribution in [2.45, 2.75) is 89.1 Å². The van der Waals surface area contributed by atoms with Crippen molar-refractivity contribution in [1.29, 1.82) is 0 Å². The molecule has 0 aliphatic carbocycles. The molecule has 0 saturated heterocycles. The van der Waals surface area contributed by atoms with Gasteiger partial charge in [0.1, 0.15) is 6.10 Å². The predicted molar refractivity (Wildman–Crippen MR) is 195 cm³/mol. The highest BCUT2D eigenvalue weighted by Gasteiger charge is 2.22. The molecule has 0 amide bonds. The Balaban J connectivity index is 1.12. The number of cyclic esters (lactones) is 1. The molecule has 51 heavy (non-hydrogen) atoms. The van der Waals surface area contributed by atoms with Gasteiger partial charge in [0, 0.05) is 38.8 Å². The second-order valence-corrected chi connectivity index (χ2v) is 12.5. The zero-order valence-electron chi connectivity index (χ0n) is 30.5. The van der Waals surface area contributed by atoms with Crippen LogP contribution in [0.15, 0.2) is 48.7 Å². The fraction of sp³-hybridized carbons (Fsp3) is 0.513. The lowest BCUT2D eigenvalue weighted by Gasteiger charge is -2.24. The molecular formula is C39H53N3O9. The number of carbonyl (C=O) groups is 1. The third-order valence-electron chi connectivity index (χ3n) is 8.78. The van der Waals surface area contributed by atoms with E-state index in [-0.39, 0.29) is 18.2 Å². The van der Waals surface area contributed by atoms with E-state index in [9.17, 15) is 9.90 Å². The molecule has 3 atom stereocenters. The van der Waals surface area contributed by atoms with Crippen LogP contribution in [0.1, 0.15) is 74.6 Å². The van der Waals surface area contributed by atoms with Crippen LogP contribution >= 0.6 is 0 Å². The molecule has 12 nitrogen and oxygen atoms in total. The van der Waals surface area contributed by atoms with Crippen LogP contribution in [0.4, 0.5) is 0 Å². The van der Waals surface area contributed by atoms with Gasteiger partial charge in [-0.1, -0.05) is 48.8 Å². The van der Waals surface area contributed by atoms with Gasteiger partial charge in [-0.05, 0) is 67.5 Å². The number of unbranched alkanes of at least 4 members (excludes halogenated alkanes) is 4. The fourth-order valence-electron chi connectivity index (χ4n) is 6.01. The van der Waals surface area contributed by atoms with Crippen LogP contribution in [0.25, 0.3) is 12.2 Å². The van der Waals surface area contributed by atoms with E-state index in [0.717, 1.165) is 55.3 Å². The quantitative estimate of drug-likeness (QED) is 0.0661. The molecule has 0 fully saturated rings. The molecular weight excluding hydrogens is 654 g/mol. The Kier molecular flexibility index (Phi) is 16.1. The highest BCUT2D eigenvalue weighted by molar-refractivity contribution is 5.82. The molecule has 1 aliphatic heterocycles. The Morgan fingerprint density at radius 1 is 0.902 bits per heavy atom. The van der Waals surface area contributed by atoms with Gasteiger partial charge in [-0.2, -0.15) is 0 Å². The van der Waals surface area contributed by atoms with Crippen molar-refractivity contribution in [3.8, 4) is 28.7 Å². The molecule has 0 bridgehead atoms. The minimum atomic E-state index is -0.610. The molecule has 0 saturated carbocycles. The number of aryl methyl sites for hydroxylation is 2. The second kappa shape index (κ2) is 21.0. The van der Waals surface area contributed by atoms with Crippen molar-refractivity contribution < 1.29 is 43.1 Å². The summed E-state index contributed by atoms with van der Waals surface area (Å²) in [5, 5.41) is 19.1. The SMILES string of the molecule is COc1ccc(/C=C\c2cc(OC)c(OC)c(OC)c2)cc1OCCCCCCCc1cn(CC[C@H](C[C@H](O)C[C@@H]2CC=CC(=O)O2)OC)nn1. The number of aliphatic hydroxyl groups excluding tert-OH is 1. The number of benzene rings is 2. The largest absolute Gasteiger partial charge is 0.493 e. The molecule has 4 rings (SSSR count). The average molecular weight is 708 g/mol. The van der Waals surface area contributed by atoms with Crippen molar-refractivity contribution in [2.24, 2.45) is 0 Å². The standard InChI is InChI=1S/C39H53N3O9/c1-45-32(25-31(43)26-33-13-11-14-38(44)51-33)19-20-42-27-30(40-41-42)12-9-7-6-8-10-21-50-35-22-28(17-18-34(35)46-2)15-16-29-23-36(47-3)39(49-5)37(24-29)48-4/h11,14-18,22-24,27,31-33,43H,6-10,12-13,19-21,25-26H2,1-5H3/b16-15-/t31-,32+,33-/m0/s1. The smallest absolute Gasteiger partial charge is 0.330 e. The Bertz CT molecular complexity index is 1550. The fourth-order valence-corrected chi connectivity index (χ4v) is 6.01. The molecule has 2 heterocycles. The number of hydrogen-bond acceptors (Lipinski definition) is 11. The Hall–Kier alpha value is -4.55. The van der Waals surface area contributed by atoms with E-state index in [2.05, 4.69) is 10.3 Å². The van der Waals surface area contributed by atoms with Crippen molar-refractivity contribution in [2.75, 3.05) is 42.2 Å². The van der Waals surface area contributed by atoms with Gasteiger partial charge in [0.2, 0.25) is 5.75 Å². The molecule has 3 aromatic rings. The maximum atomic E-state index is 11.4. The van der Waals surface area contributed by atoms with Gasteiger partial charge in [-0.3, -0.25) is 4.68 Å². The molecule has 0 radical (unpaired) electrons. The normalized spacial score (nSPS) is 15.4. The summed E-state index contributed by atoms with van der Waals surface area (Å²) in [5.74, 6) is 2.81. The lowest BCUT2D eigenvalue weighted by Crippen LogP contribution is -2.28. The van der Waals surface area contributed by atoms with E-state index in [4.69, 9.17) is 33.2 Å². The van der Waals surface area contributed by atoms with Crippen molar-refractivity contribution in [1.82, 2.24) is 15.0 Å². The first-order chi connectivity index (χ1) is 24.8. The van der Waals surface area contributed by atoms with E-state index >= 15 is 0 Å². The highest BCUT2D eigenvalue weighted by Crippen LogP contribution is 2.39. The zero-order valence-corrected chi connectivity index (χ0v) is 30.5. The summed E-state index contributed by atoms with van der Waals surface area (Å²) < 4.78 is 40.7. The Morgan fingerprint density at radius 2 is 1.61 bits per heavy atom. The summed E-state index contributed by atoms with van der Waals surface area (Å²) in [6, 6.07) is 9.68. The van der Waals surface area contributed by atoms with Gasteiger partial charge in [0.15, 0.2) is 23.0 Å². The topological polar surface area (TPSA) is 133 Å². The van der Waals surface area contributed by atoms with Gasteiger partial charge in [0.25, 0.3) is 0 Å². The van der Waals surface area contributed by atoms with E-state index in [1.54, 1.807) is 41.6 Å².